The number of phenols is 1. The Kier molecular flexibility index (Phi) is 6.85. The molecule has 8 heteroatoms. The topological polar surface area (TPSA) is 109 Å². The summed E-state index contributed by atoms with van der Waals surface area (Å²) >= 11 is 0. The predicted octanol–water partition coefficient (Wildman–Crippen LogP) is 3.43. The van der Waals surface area contributed by atoms with Crippen molar-refractivity contribution in [1.82, 2.24) is 5.43 Å². The number of carbonyl (C=O) groups excluding carboxylic acids is 2. The van der Waals surface area contributed by atoms with Crippen molar-refractivity contribution in [3.05, 3.63) is 83.4 Å². The van der Waals surface area contributed by atoms with Gasteiger partial charge >= 0.3 is 0 Å². The molecule has 0 heterocycles. The molecule has 3 rings (SSSR count). The van der Waals surface area contributed by atoms with Crippen LogP contribution < -0.4 is 20.2 Å². The Morgan fingerprint density at radius 2 is 1.61 bits per heavy atom. The fourth-order valence-electron chi connectivity index (χ4n) is 2.75. The highest BCUT2D eigenvalue weighted by atomic mass is 16.5. The van der Waals surface area contributed by atoms with Crippen molar-refractivity contribution >= 4 is 23.7 Å². The number of aromatic hydroxyl groups is 1. The minimum absolute atomic E-state index is 0.0949. The second-order valence-corrected chi connectivity index (χ2v) is 6.40. The van der Waals surface area contributed by atoms with Crippen LogP contribution in [-0.2, 0) is 0 Å². The Balaban J connectivity index is 1.75. The molecule has 3 aromatic carbocycles. The number of anilines is 1. The molecule has 3 aromatic rings. The fraction of sp³-hybridized carbons (Fsp3) is 0.0870. The zero-order valence-electron chi connectivity index (χ0n) is 17.0. The molecule has 0 bridgehead atoms. The van der Waals surface area contributed by atoms with Gasteiger partial charge in [-0.3, -0.25) is 9.59 Å². The zero-order valence-corrected chi connectivity index (χ0v) is 17.0. The smallest absolute Gasteiger partial charge is 0.273 e. The molecular weight excluding hydrogens is 398 g/mol. The fourth-order valence-corrected chi connectivity index (χ4v) is 2.75. The molecule has 0 atom stereocenters. The van der Waals surface area contributed by atoms with E-state index in [1.165, 1.54) is 32.6 Å². The van der Waals surface area contributed by atoms with Gasteiger partial charge in [-0.1, -0.05) is 24.3 Å². The van der Waals surface area contributed by atoms with Crippen molar-refractivity contribution in [1.29, 1.82) is 0 Å². The summed E-state index contributed by atoms with van der Waals surface area (Å²) in [7, 11) is 2.99. The van der Waals surface area contributed by atoms with Crippen LogP contribution in [0, 0.1) is 0 Å². The van der Waals surface area contributed by atoms with Crippen LogP contribution in [0.25, 0.3) is 0 Å². The van der Waals surface area contributed by atoms with Crippen molar-refractivity contribution in [2.75, 3.05) is 19.5 Å². The number of amides is 2. The van der Waals surface area contributed by atoms with Crippen molar-refractivity contribution in [2.45, 2.75) is 0 Å². The lowest BCUT2D eigenvalue weighted by atomic mass is 10.1. The molecule has 0 radical (unpaired) electrons. The molecule has 0 spiro atoms. The number of carbonyl (C=O) groups is 2. The second-order valence-electron chi connectivity index (χ2n) is 6.40. The molecule has 0 aromatic heterocycles. The number of hydrogen-bond donors (Lipinski definition) is 3. The van der Waals surface area contributed by atoms with Crippen LogP contribution in [0.1, 0.15) is 26.3 Å². The van der Waals surface area contributed by atoms with Gasteiger partial charge in [0.1, 0.15) is 17.2 Å². The van der Waals surface area contributed by atoms with Gasteiger partial charge in [0.25, 0.3) is 11.8 Å². The van der Waals surface area contributed by atoms with E-state index in [1.54, 1.807) is 54.6 Å². The highest BCUT2D eigenvalue weighted by Gasteiger charge is 2.15. The zero-order chi connectivity index (χ0) is 22.2. The molecule has 3 N–H and O–H groups in total. The lowest BCUT2D eigenvalue weighted by molar-refractivity contribution is 0.0956. The van der Waals surface area contributed by atoms with Crippen LogP contribution in [0.5, 0.6) is 17.2 Å². The summed E-state index contributed by atoms with van der Waals surface area (Å²) in [5, 5.41) is 16.1. The largest absolute Gasteiger partial charge is 0.508 e. The van der Waals surface area contributed by atoms with Crippen LogP contribution >= 0.6 is 0 Å². The summed E-state index contributed by atoms with van der Waals surface area (Å²) in [6, 6.07) is 17.8. The molecule has 0 aliphatic carbocycles. The quantitative estimate of drug-likeness (QED) is 0.402. The molecule has 0 saturated carbocycles. The third-order valence-corrected chi connectivity index (χ3v) is 4.28. The Morgan fingerprint density at radius 1 is 0.903 bits per heavy atom. The number of hydrogen-bond acceptors (Lipinski definition) is 6. The number of hydrazone groups is 1. The molecule has 2 amide bonds. The monoisotopic (exact) mass is 419 g/mol. The third-order valence-electron chi connectivity index (χ3n) is 4.28. The molecular formula is C23H21N3O5. The minimum atomic E-state index is -0.504. The van der Waals surface area contributed by atoms with Crippen molar-refractivity contribution in [3.63, 3.8) is 0 Å². The maximum Gasteiger partial charge on any atom is 0.273 e. The summed E-state index contributed by atoms with van der Waals surface area (Å²) in [5.41, 5.74) is 3.90. The van der Waals surface area contributed by atoms with Crippen LogP contribution in [0.2, 0.25) is 0 Å². The molecule has 0 aliphatic rings. The summed E-state index contributed by atoms with van der Waals surface area (Å²) in [5.74, 6) is 0.0994. The number of para-hydroxylation sites is 1. The highest BCUT2D eigenvalue weighted by Crippen LogP contribution is 2.24. The van der Waals surface area contributed by atoms with E-state index in [0.29, 0.717) is 28.3 Å². The first-order chi connectivity index (χ1) is 15.0. The van der Waals surface area contributed by atoms with E-state index < -0.39 is 11.8 Å². The Labute approximate surface area is 179 Å². The van der Waals surface area contributed by atoms with E-state index in [-0.39, 0.29) is 11.3 Å². The van der Waals surface area contributed by atoms with Gasteiger partial charge in [-0.2, -0.15) is 5.10 Å². The summed E-state index contributed by atoms with van der Waals surface area (Å²) in [6.07, 6.45) is 1.40. The first-order valence-electron chi connectivity index (χ1n) is 9.26. The maximum absolute atomic E-state index is 12.7. The van der Waals surface area contributed by atoms with Gasteiger partial charge in [0.15, 0.2) is 0 Å². The van der Waals surface area contributed by atoms with Gasteiger partial charge in [-0.15, -0.1) is 0 Å². The van der Waals surface area contributed by atoms with Gasteiger partial charge in [-0.05, 0) is 42.0 Å². The second kappa shape index (κ2) is 9.93. The van der Waals surface area contributed by atoms with Gasteiger partial charge in [0, 0.05) is 11.6 Å². The highest BCUT2D eigenvalue weighted by molar-refractivity contribution is 6.09. The standard InChI is InChI=1S/C23H21N3O5/c1-30-18-11-16(12-19(13-18)31-2)22(28)25-21-9-4-3-8-20(21)23(29)26-24-14-15-6-5-7-17(27)10-15/h3-14,27H,1-2H3,(H,25,28)(H,26,29). The maximum atomic E-state index is 12.7. The molecule has 31 heavy (non-hydrogen) atoms. The SMILES string of the molecule is COc1cc(OC)cc(C(=O)Nc2ccccc2C(=O)NN=Cc2cccc(O)c2)c1. The van der Waals surface area contributed by atoms with Crippen molar-refractivity contribution < 1.29 is 24.2 Å². The third kappa shape index (κ3) is 5.60. The summed E-state index contributed by atoms with van der Waals surface area (Å²) < 4.78 is 10.4. The number of phenolic OH excluding ortho intramolecular Hbond substituents is 1. The average Bonchev–Trinajstić information content (AvgIpc) is 2.79. The van der Waals surface area contributed by atoms with Crippen molar-refractivity contribution in [2.24, 2.45) is 5.10 Å². The van der Waals surface area contributed by atoms with Crippen molar-refractivity contribution in [3.8, 4) is 17.2 Å². The molecule has 0 fully saturated rings. The molecule has 0 aliphatic heterocycles. The van der Waals surface area contributed by atoms with Crippen LogP contribution in [0.15, 0.2) is 71.8 Å². The Bertz CT molecular complexity index is 1110. The number of ether oxygens (including phenoxy) is 2. The number of benzene rings is 3. The number of nitrogens with one attached hydrogen (secondary N) is 2. The Morgan fingerprint density at radius 3 is 2.29 bits per heavy atom. The lowest BCUT2D eigenvalue weighted by Crippen LogP contribution is -2.21. The average molecular weight is 419 g/mol. The molecule has 0 saturated heterocycles. The van der Waals surface area contributed by atoms with E-state index >= 15 is 0 Å². The van der Waals surface area contributed by atoms with E-state index in [1.807, 2.05) is 0 Å². The van der Waals surface area contributed by atoms with Crippen LogP contribution in [-0.4, -0.2) is 37.4 Å². The summed E-state index contributed by atoms with van der Waals surface area (Å²) in [6.45, 7) is 0. The van der Waals surface area contributed by atoms with E-state index in [9.17, 15) is 14.7 Å². The van der Waals surface area contributed by atoms with E-state index in [0.717, 1.165) is 0 Å². The van der Waals surface area contributed by atoms with Gasteiger partial charge in [0.05, 0.1) is 31.7 Å². The molecule has 158 valence electrons. The number of nitrogens with zero attached hydrogens (tertiary/aromatic N) is 1. The van der Waals surface area contributed by atoms with Gasteiger partial charge in [0.2, 0.25) is 0 Å². The lowest BCUT2D eigenvalue weighted by Gasteiger charge is -2.12. The van der Waals surface area contributed by atoms with Gasteiger partial charge in [-0.25, -0.2) is 5.43 Å². The van der Waals surface area contributed by atoms with Crippen LogP contribution in [0.3, 0.4) is 0 Å². The van der Waals surface area contributed by atoms with E-state index in [2.05, 4.69) is 15.8 Å². The number of rotatable bonds is 7. The normalized spacial score (nSPS) is 10.5. The first kappa shape index (κ1) is 21.4. The van der Waals surface area contributed by atoms with Crippen LogP contribution in [0.4, 0.5) is 5.69 Å². The van der Waals surface area contributed by atoms with E-state index in [4.69, 9.17) is 9.47 Å². The summed E-state index contributed by atoms with van der Waals surface area (Å²) in [4.78, 5) is 25.3. The minimum Gasteiger partial charge on any atom is -0.508 e. The number of methoxy groups -OCH3 is 2. The molecule has 8 nitrogen and oxygen atoms in total. The predicted molar refractivity (Wildman–Crippen MR) is 117 cm³/mol. The molecule has 0 unspecified atom stereocenters. The van der Waals surface area contributed by atoms with Gasteiger partial charge < -0.3 is 19.9 Å². The first-order valence-corrected chi connectivity index (χ1v) is 9.26. The Hall–Kier alpha value is -4.33.